The number of aryl methyl sites for hydroxylation is 1. The SMILES string of the molecule is Cc1ccccc1C(C)(O)CCN. The minimum Gasteiger partial charge on any atom is -0.385 e. The van der Waals surface area contributed by atoms with Crippen molar-refractivity contribution in [2.24, 2.45) is 5.73 Å². The fourth-order valence-corrected chi connectivity index (χ4v) is 1.59. The molecule has 0 saturated carbocycles. The van der Waals surface area contributed by atoms with E-state index in [0.29, 0.717) is 13.0 Å². The van der Waals surface area contributed by atoms with Gasteiger partial charge in [-0.15, -0.1) is 0 Å². The van der Waals surface area contributed by atoms with Crippen molar-refractivity contribution in [3.05, 3.63) is 35.4 Å². The van der Waals surface area contributed by atoms with Gasteiger partial charge in [-0.1, -0.05) is 24.3 Å². The van der Waals surface area contributed by atoms with E-state index in [-0.39, 0.29) is 0 Å². The summed E-state index contributed by atoms with van der Waals surface area (Å²) in [5.74, 6) is 0. The molecule has 0 radical (unpaired) electrons. The van der Waals surface area contributed by atoms with Gasteiger partial charge in [-0.3, -0.25) is 0 Å². The van der Waals surface area contributed by atoms with Gasteiger partial charge in [0.1, 0.15) is 0 Å². The molecular weight excluding hydrogens is 162 g/mol. The lowest BCUT2D eigenvalue weighted by Gasteiger charge is -2.24. The Morgan fingerprint density at radius 3 is 2.54 bits per heavy atom. The van der Waals surface area contributed by atoms with E-state index in [1.165, 1.54) is 0 Å². The van der Waals surface area contributed by atoms with Crippen LogP contribution in [-0.2, 0) is 5.60 Å². The Labute approximate surface area is 79.4 Å². The van der Waals surface area contributed by atoms with Gasteiger partial charge in [0.05, 0.1) is 5.60 Å². The molecule has 1 atom stereocenters. The summed E-state index contributed by atoms with van der Waals surface area (Å²) in [6.45, 7) is 4.31. The number of benzene rings is 1. The van der Waals surface area contributed by atoms with Crippen molar-refractivity contribution in [3.63, 3.8) is 0 Å². The molecule has 0 aliphatic rings. The van der Waals surface area contributed by atoms with E-state index >= 15 is 0 Å². The second-order valence-electron chi connectivity index (χ2n) is 3.63. The number of rotatable bonds is 3. The highest BCUT2D eigenvalue weighted by atomic mass is 16.3. The van der Waals surface area contributed by atoms with Crippen LogP contribution in [0.3, 0.4) is 0 Å². The van der Waals surface area contributed by atoms with Crippen molar-refractivity contribution in [3.8, 4) is 0 Å². The Bertz CT molecular complexity index is 281. The van der Waals surface area contributed by atoms with Crippen molar-refractivity contribution < 1.29 is 5.11 Å². The molecule has 3 N–H and O–H groups in total. The van der Waals surface area contributed by atoms with Crippen LogP contribution in [0.15, 0.2) is 24.3 Å². The topological polar surface area (TPSA) is 46.2 Å². The molecule has 2 nitrogen and oxygen atoms in total. The summed E-state index contributed by atoms with van der Waals surface area (Å²) in [7, 11) is 0. The molecule has 72 valence electrons. The van der Waals surface area contributed by atoms with Gasteiger partial charge in [0, 0.05) is 0 Å². The van der Waals surface area contributed by atoms with Gasteiger partial charge in [-0.2, -0.15) is 0 Å². The zero-order valence-corrected chi connectivity index (χ0v) is 8.25. The molecular formula is C11H17NO. The lowest BCUT2D eigenvalue weighted by Crippen LogP contribution is -2.25. The van der Waals surface area contributed by atoms with Gasteiger partial charge in [-0.25, -0.2) is 0 Å². The molecule has 0 amide bonds. The largest absolute Gasteiger partial charge is 0.385 e. The summed E-state index contributed by atoms with van der Waals surface area (Å²) in [6.07, 6.45) is 0.595. The zero-order valence-electron chi connectivity index (χ0n) is 8.25. The maximum absolute atomic E-state index is 10.1. The second kappa shape index (κ2) is 3.90. The van der Waals surface area contributed by atoms with Gasteiger partial charge in [0.2, 0.25) is 0 Å². The molecule has 0 spiro atoms. The highest BCUT2D eigenvalue weighted by molar-refractivity contribution is 5.30. The van der Waals surface area contributed by atoms with E-state index in [0.717, 1.165) is 11.1 Å². The first-order valence-electron chi connectivity index (χ1n) is 4.56. The van der Waals surface area contributed by atoms with Crippen molar-refractivity contribution >= 4 is 0 Å². The van der Waals surface area contributed by atoms with Crippen LogP contribution >= 0.6 is 0 Å². The minimum atomic E-state index is -0.792. The Kier molecular flexibility index (Phi) is 3.07. The van der Waals surface area contributed by atoms with E-state index < -0.39 is 5.60 Å². The standard InChI is InChI=1S/C11H17NO/c1-9-5-3-4-6-10(9)11(2,13)7-8-12/h3-6,13H,7-8,12H2,1-2H3. The molecule has 1 rings (SSSR count). The van der Waals surface area contributed by atoms with Crippen molar-refractivity contribution in [2.75, 3.05) is 6.54 Å². The predicted molar refractivity (Wildman–Crippen MR) is 54.4 cm³/mol. The summed E-state index contributed by atoms with van der Waals surface area (Å²) in [5.41, 5.74) is 6.74. The molecule has 0 aliphatic carbocycles. The number of aliphatic hydroxyl groups is 1. The third-order valence-corrected chi connectivity index (χ3v) is 2.36. The van der Waals surface area contributed by atoms with Crippen LogP contribution in [0, 0.1) is 6.92 Å². The third kappa shape index (κ3) is 2.29. The van der Waals surface area contributed by atoms with Gasteiger partial charge < -0.3 is 10.8 Å². The number of nitrogens with two attached hydrogens (primary N) is 1. The van der Waals surface area contributed by atoms with Gasteiger partial charge in [0.15, 0.2) is 0 Å². The summed E-state index contributed by atoms with van der Waals surface area (Å²) in [4.78, 5) is 0. The van der Waals surface area contributed by atoms with Crippen LogP contribution in [0.4, 0.5) is 0 Å². The molecule has 1 unspecified atom stereocenters. The molecule has 0 heterocycles. The molecule has 13 heavy (non-hydrogen) atoms. The van der Waals surface area contributed by atoms with E-state index in [1.54, 1.807) is 0 Å². The summed E-state index contributed by atoms with van der Waals surface area (Å²) < 4.78 is 0. The first-order valence-corrected chi connectivity index (χ1v) is 4.56. The van der Waals surface area contributed by atoms with Crippen molar-refractivity contribution in [1.82, 2.24) is 0 Å². The molecule has 2 heteroatoms. The lowest BCUT2D eigenvalue weighted by atomic mass is 9.89. The normalized spacial score (nSPS) is 15.4. The van der Waals surface area contributed by atoms with Crippen LogP contribution in [0.1, 0.15) is 24.5 Å². The molecule has 1 aromatic carbocycles. The first kappa shape index (κ1) is 10.2. The average Bonchev–Trinajstić information content (AvgIpc) is 2.04. The molecule has 0 aromatic heterocycles. The van der Waals surface area contributed by atoms with Crippen LogP contribution in [-0.4, -0.2) is 11.7 Å². The lowest BCUT2D eigenvalue weighted by molar-refractivity contribution is 0.0498. The van der Waals surface area contributed by atoms with E-state index in [1.807, 2.05) is 38.1 Å². The van der Waals surface area contributed by atoms with Crippen molar-refractivity contribution in [2.45, 2.75) is 25.9 Å². The Hall–Kier alpha value is -0.860. The molecule has 0 saturated heterocycles. The first-order chi connectivity index (χ1) is 6.08. The minimum absolute atomic E-state index is 0.501. The monoisotopic (exact) mass is 179 g/mol. The summed E-state index contributed by atoms with van der Waals surface area (Å²) in [6, 6.07) is 7.86. The zero-order chi connectivity index (χ0) is 9.90. The number of hydrogen-bond donors (Lipinski definition) is 2. The van der Waals surface area contributed by atoms with Gasteiger partial charge >= 0.3 is 0 Å². The molecule has 0 bridgehead atoms. The smallest absolute Gasteiger partial charge is 0.0883 e. The summed E-state index contributed by atoms with van der Waals surface area (Å²) >= 11 is 0. The van der Waals surface area contributed by atoms with Crippen LogP contribution < -0.4 is 5.73 Å². The molecule has 0 aliphatic heterocycles. The fourth-order valence-electron chi connectivity index (χ4n) is 1.59. The summed E-state index contributed by atoms with van der Waals surface area (Å²) in [5, 5.41) is 10.1. The Balaban J connectivity index is 2.99. The second-order valence-corrected chi connectivity index (χ2v) is 3.63. The highest BCUT2D eigenvalue weighted by Gasteiger charge is 2.22. The molecule has 1 aromatic rings. The van der Waals surface area contributed by atoms with Gasteiger partial charge in [-0.05, 0) is 37.9 Å². The molecule has 0 fully saturated rings. The van der Waals surface area contributed by atoms with E-state index in [2.05, 4.69) is 0 Å². The third-order valence-electron chi connectivity index (χ3n) is 2.36. The Morgan fingerprint density at radius 1 is 1.38 bits per heavy atom. The van der Waals surface area contributed by atoms with Gasteiger partial charge in [0.25, 0.3) is 0 Å². The quantitative estimate of drug-likeness (QED) is 0.739. The predicted octanol–water partition coefficient (Wildman–Crippen LogP) is 1.55. The Morgan fingerprint density at radius 2 is 2.00 bits per heavy atom. The van der Waals surface area contributed by atoms with E-state index in [9.17, 15) is 5.11 Å². The maximum atomic E-state index is 10.1. The maximum Gasteiger partial charge on any atom is 0.0883 e. The van der Waals surface area contributed by atoms with Crippen LogP contribution in [0.2, 0.25) is 0 Å². The fraction of sp³-hybridized carbons (Fsp3) is 0.455. The van der Waals surface area contributed by atoms with E-state index in [4.69, 9.17) is 5.73 Å². The van der Waals surface area contributed by atoms with Crippen molar-refractivity contribution in [1.29, 1.82) is 0 Å². The van der Waals surface area contributed by atoms with Crippen LogP contribution in [0.25, 0.3) is 0 Å². The highest BCUT2D eigenvalue weighted by Crippen LogP contribution is 2.26. The average molecular weight is 179 g/mol. The van der Waals surface area contributed by atoms with Crippen LogP contribution in [0.5, 0.6) is 0 Å². The number of hydrogen-bond acceptors (Lipinski definition) is 2.